The summed E-state index contributed by atoms with van der Waals surface area (Å²) in [5.41, 5.74) is 7.05. The average molecular weight is 346 g/mol. The monoisotopic (exact) mass is 345 g/mol. The lowest BCUT2D eigenvalue weighted by molar-refractivity contribution is -2.00. The highest BCUT2D eigenvalue weighted by atomic mass is 35.7. The fraction of sp³-hybridized carbons (Fsp3) is 0.167. The van der Waals surface area contributed by atoms with Crippen molar-refractivity contribution < 1.29 is 33.3 Å². The Balaban J connectivity index is 0.000000300. The van der Waals surface area contributed by atoms with Gasteiger partial charge in [-0.1, -0.05) is 24.3 Å². The van der Waals surface area contributed by atoms with Crippen LogP contribution in [0.3, 0.4) is 0 Å². The molecule has 6 heteroatoms. The van der Waals surface area contributed by atoms with E-state index in [1.165, 1.54) is 47.0 Å². The van der Waals surface area contributed by atoms with Crippen LogP contribution >= 0.6 is 0 Å². The Kier molecular flexibility index (Phi) is 4.80. The molecule has 1 aliphatic rings. The van der Waals surface area contributed by atoms with Gasteiger partial charge in [0.15, 0.2) is 12.4 Å². The van der Waals surface area contributed by atoms with E-state index in [9.17, 15) is 0 Å². The van der Waals surface area contributed by atoms with Crippen LogP contribution in [0.2, 0.25) is 0 Å². The molecule has 0 saturated heterocycles. The van der Waals surface area contributed by atoms with Gasteiger partial charge in [0, 0.05) is 23.8 Å². The molecule has 24 heavy (non-hydrogen) atoms. The second kappa shape index (κ2) is 6.84. The zero-order valence-corrected chi connectivity index (χ0v) is 13.6. The Labute approximate surface area is 141 Å². The molecule has 0 N–H and O–H groups in total. The number of halogens is 1. The third-order valence-corrected chi connectivity index (χ3v) is 4.06. The molecule has 4 rings (SSSR count). The summed E-state index contributed by atoms with van der Waals surface area (Å²) in [6.45, 7) is 0. The summed E-state index contributed by atoms with van der Waals surface area (Å²) < 4.78 is 36.2. The van der Waals surface area contributed by atoms with E-state index in [1.54, 1.807) is 0 Å². The van der Waals surface area contributed by atoms with Crippen LogP contribution in [0.4, 0.5) is 0 Å². The van der Waals surface area contributed by atoms with E-state index in [0.29, 0.717) is 0 Å². The summed E-state index contributed by atoms with van der Waals surface area (Å²) in [4.78, 5) is 0. The first kappa shape index (κ1) is 16.8. The molecule has 0 radical (unpaired) electrons. The van der Waals surface area contributed by atoms with Crippen LogP contribution in [0.15, 0.2) is 60.9 Å². The van der Waals surface area contributed by atoms with Gasteiger partial charge in [0.05, 0.1) is 0 Å². The van der Waals surface area contributed by atoms with Gasteiger partial charge in [-0.3, -0.25) is 0 Å². The molecule has 2 heterocycles. The Hall–Kier alpha value is -2.02. The molecule has 3 aromatic rings. The third kappa shape index (κ3) is 4.08. The maximum absolute atomic E-state index is 8.49. The molecule has 0 saturated carbocycles. The highest BCUT2D eigenvalue weighted by Crippen LogP contribution is 2.32. The van der Waals surface area contributed by atoms with Crippen LogP contribution in [0.5, 0.6) is 0 Å². The van der Waals surface area contributed by atoms with Crippen molar-refractivity contribution in [2.45, 2.75) is 19.3 Å². The van der Waals surface area contributed by atoms with Crippen LogP contribution in [0.25, 0.3) is 16.6 Å². The number of pyridine rings is 2. The summed E-state index contributed by atoms with van der Waals surface area (Å²) in [7, 11) is -4.94. The second-order valence-corrected chi connectivity index (χ2v) is 6.39. The molecule has 124 valence electrons. The van der Waals surface area contributed by atoms with E-state index in [0.717, 1.165) is 0 Å². The number of nitrogens with zero attached hydrogens (tertiary/aromatic N) is 1. The van der Waals surface area contributed by atoms with Gasteiger partial charge in [0.2, 0.25) is 5.52 Å². The van der Waals surface area contributed by atoms with E-state index < -0.39 is 10.2 Å². The quantitative estimate of drug-likeness (QED) is 0.479. The molecule has 1 aliphatic carbocycles. The second-order valence-electron chi connectivity index (χ2n) is 5.63. The van der Waals surface area contributed by atoms with Gasteiger partial charge in [-0.2, -0.15) is 4.40 Å². The van der Waals surface area contributed by atoms with Gasteiger partial charge in [0.1, 0.15) is 0 Å². The van der Waals surface area contributed by atoms with Crippen molar-refractivity contribution in [2.75, 3.05) is 0 Å². The largest absolute Gasteiger partial charge is 0.222 e. The van der Waals surface area contributed by atoms with Gasteiger partial charge >= 0.3 is 0 Å². The molecule has 0 bridgehead atoms. The van der Waals surface area contributed by atoms with E-state index in [1.807, 2.05) is 0 Å². The summed E-state index contributed by atoms with van der Waals surface area (Å²) in [6.07, 6.45) is 8.02. The van der Waals surface area contributed by atoms with Crippen molar-refractivity contribution in [1.82, 2.24) is 0 Å². The Morgan fingerprint density at radius 1 is 0.792 bits per heavy atom. The third-order valence-electron chi connectivity index (χ3n) is 4.06. The molecule has 0 aliphatic heterocycles. The molecule has 0 unspecified atom stereocenters. The maximum Gasteiger partial charge on any atom is 0.211 e. The minimum atomic E-state index is -4.94. The van der Waals surface area contributed by atoms with Crippen LogP contribution < -0.4 is 23.0 Å². The fourth-order valence-electron chi connectivity index (χ4n) is 3.11. The number of aromatic nitrogens is 1. The van der Waals surface area contributed by atoms with Crippen molar-refractivity contribution in [3.8, 4) is 11.1 Å². The maximum atomic E-state index is 8.49. The standard InChI is InChI=1S/C18H16N.ClHO4/c1-2-10-17-14(6-1)7-5-8-15-13-19-11-4-3-9-16(19)12-18(15)17;2-1(3,4)5/h1-4,6,9-13H,5,7-8H2;(H,2,3,4,5)/q+1;/p-1. The predicted octanol–water partition coefficient (Wildman–Crippen LogP) is -1.17. The SMILES string of the molecule is [O-][Cl+3]([O-])([O-])[O-].c1ccc2c(c1)CCCc1c[n+]3ccccc3cc1-2. The zero-order valence-electron chi connectivity index (χ0n) is 12.9. The Morgan fingerprint density at radius 3 is 2.25 bits per heavy atom. The topological polar surface area (TPSA) is 96.3 Å². The highest BCUT2D eigenvalue weighted by Gasteiger charge is 2.17. The first-order chi connectivity index (χ1) is 11.4. The van der Waals surface area contributed by atoms with Gasteiger partial charge < -0.3 is 0 Å². The lowest BCUT2D eigenvalue weighted by Crippen LogP contribution is -2.68. The van der Waals surface area contributed by atoms with Crippen LogP contribution in [-0.2, 0) is 12.8 Å². The molecule has 0 fully saturated rings. The highest BCUT2D eigenvalue weighted by molar-refractivity contribution is 5.73. The summed E-state index contributed by atoms with van der Waals surface area (Å²) in [5.74, 6) is 0. The Morgan fingerprint density at radius 2 is 1.46 bits per heavy atom. The minimum absolute atomic E-state index is 1.17. The lowest BCUT2D eigenvalue weighted by Gasteiger charge is -2.17. The number of rotatable bonds is 0. The molecule has 0 amide bonds. The van der Waals surface area contributed by atoms with Crippen molar-refractivity contribution >= 4 is 5.52 Å². The smallest absolute Gasteiger partial charge is 0.211 e. The number of hydrogen-bond donors (Lipinski definition) is 0. The molecular weight excluding hydrogens is 330 g/mol. The molecule has 5 nitrogen and oxygen atoms in total. The van der Waals surface area contributed by atoms with Crippen molar-refractivity contribution in [1.29, 1.82) is 0 Å². The van der Waals surface area contributed by atoms with E-state index in [-0.39, 0.29) is 0 Å². The van der Waals surface area contributed by atoms with Crippen LogP contribution in [-0.4, -0.2) is 0 Å². The number of hydrogen-bond acceptors (Lipinski definition) is 4. The van der Waals surface area contributed by atoms with Crippen molar-refractivity contribution in [2.24, 2.45) is 0 Å². The van der Waals surface area contributed by atoms with E-state index >= 15 is 0 Å². The minimum Gasteiger partial charge on any atom is -0.222 e. The normalized spacial score (nSPS) is 13.3. The Bertz CT molecular complexity index is 855. The first-order valence-corrected chi connectivity index (χ1v) is 8.78. The molecule has 1 aromatic carbocycles. The number of fused-ring (bicyclic) bond motifs is 4. The molecule has 2 aromatic heterocycles. The van der Waals surface area contributed by atoms with Gasteiger partial charge in [-0.25, -0.2) is 18.6 Å². The predicted molar refractivity (Wildman–Crippen MR) is 77.1 cm³/mol. The average Bonchev–Trinajstić information content (AvgIpc) is 2.70. The number of aryl methyl sites for hydroxylation is 2. The molecule has 0 spiro atoms. The van der Waals surface area contributed by atoms with Crippen molar-refractivity contribution in [3.05, 3.63) is 72.1 Å². The van der Waals surface area contributed by atoms with E-state index in [4.69, 9.17) is 18.6 Å². The summed E-state index contributed by atoms with van der Waals surface area (Å²) in [5, 5.41) is 0. The summed E-state index contributed by atoms with van der Waals surface area (Å²) >= 11 is 0. The van der Waals surface area contributed by atoms with Crippen molar-refractivity contribution in [3.63, 3.8) is 0 Å². The zero-order chi connectivity index (χ0) is 17.2. The van der Waals surface area contributed by atoms with Gasteiger partial charge in [0.25, 0.3) is 0 Å². The first-order valence-electron chi connectivity index (χ1n) is 7.55. The number of benzene rings is 1. The molecular formula is C18H16ClNO4. The molecule has 0 atom stereocenters. The lowest BCUT2D eigenvalue weighted by atomic mass is 9.97. The van der Waals surface area contributed by atoms with Crippen LogP contribution in [0.1, 0.15) is 17.5 Å². The van der Waals surface area contributed by atoms with E-state index in [2.05, 4.69) is 65.3 Å². The van der Waals surface area contributed by atoms with Gasteiger partial charge in [-0.15, -0.1) is 10.2 Å². The van der Waals surface area contributed by atoms with Crippen LogP contribution in [0, 0.1) is 10.2 Å². The summed E-state index contributed by atoms with van der Waals surface area (Å²) in [6, 6.07) is 17.5. The fourth-order valence-corrected chi connectivity index (χ4v) is 3.11. The van der Waals surface area contributed by atoms with Gasteiger partial charge in [-0.05, 0) is 42.0 Å².